The van der Waals surface area contributed by atoms with Crippen LogP contribution in [0.4, 0.5) is 0 Å². The zero-order valence-electron chi connectivity index (χ0n) is 12.8. The van der Waals surface area contributed by atoms with Crippen molar-refractivity contribution in [3.05, 3.63) is 47.1 Å². The van der Waals surface area contributed by atoms with Gasteiger partial charge in [-0.3, -0.25) is 4.90 Å². The summed E-state index contributed by atoms with van der Waals surface area (Å²) in [4.78, 5) is 2.45. The molecule has 2 atom stereocenters. The minimum absolute atomic E-state index is 0.0694. The number of aryl methyl sites for hydroxylation is 1. The molecule has 1 aromatic carbocycles. The molecule has 3 heteroatoms. The third-order valence-electron chi connectivity index (χ3n) is 5.14. The monoisotopic (exact) mass is 283 g/mol. The lowest BCUT2D eigenvalue weighted by Crippen LogP contribution is -2.40. The summed E-state index contributed by atoms with van der Waals surface area (Å²) in [6.45, 7) is 5.74. The first-order valence-electron chi connectivity index (χ1n) is 7.59. The van der Waals surface area contributed by atoms with Gasteiger partial charge in [0, 0.05) is 11.5 Å². The maximum absolute atomic E-state index is 5.63. The first-order valence-corrected chi connectivity index (χ1v) is 7.59. The number of ether oxygens (including phenoxy) is 2. The van der Waals surface area contributed by atoms with E-state index in [9.17, 15) is 0 Å². The lowest BCUT2D eigenvalue weighted by atomic mass is 9.70. The van der Waals surface area contributed by atoms with Crippen molar-refractivity contribution in [1.29, 1.82) is 0 Å². The number of fused-ring (bicyclic) bond motifs is 2. The van der Waals surface area contributed by atoms with Gasteiger partial charge in [0.25, 0.3) is 0 Å². The van der Waals surface area contributed by atoms with Gasteiger partial charge >= 0.3 is 0 Å². The van der Waals surface area contributed by atoms with E-state index >= 15 is 0 Å². The van der Waals surface area contributed by atoms with Gasteiger partial charge in [-0.2, -0.15) is 0 Å². The summed E-state index contributed by atoms with van der Waals surface area (Å²) in [5.74, 6) is 1.80. The Labute approximate surface area is 125 Å². The smallest absolute Gasteiger partial charge is 0.231 e. The van der Waals surface area contributed by atoms with Crippen molar-refractivity contribution in [1.82, 2.24) is 4.90 Å². The highest BCUT2D eigenvalue weighted by Crippen LogP contribution is 2.47. The van der Waals surface area contributed by atoms with Crippen LogP contribution in [0.5, 0.6) is 11.5 Å². The number of benzene rings is 1. The molecule has 1 aliphatic carbocycles. The van der Waals surface area contributed by atoms with E-state index < -0.39 is 0 Å². The van der Waals surface area contributed by atoms with Crippen molar-refractivity contribution in [3.63, 3.8) is 0 Å². The first-order chi connectivity index (χ1) is 10.1. The van der Waals surface area contributed by atoms with Gasteiger partial charge in [-0.1, -0.05) is 29.9 Å². The Balaban J connectivity index is 1.86. The van der Waals surface area contributed by atoms with E-state index in [2.05, 4.69) is 56.2 Å². The number of rotatable bonds is 1. The molecule has 0 amide bonds. The van der Waals surface area contributed by atoms with Gasteiger partial charge in [0.15, 0.2) is 11.5 Å². The van der Waals surface area contributed by atoms with Crippen molar-refractivity contribution in [2.45, 2.75) is 31.7 Å². The molecule has 0 bridgehead atoms. The van der Waals surface area contributed by atoms with Crippen LogP contribution in [0.3, 0.4) is 0 Å². The van der Waals surface area contributed by atoms with Crippen LogP contribution in [0.1, 0.15) is 24.5 Å². The lowest BCUT2D eigenvalue weighted by Gasteiger charge is -2.36. The average molecular weight is 283 g/mol. The Morgan fingerprint density at radius 2 is 2.10 bits per heavy atom. The molecule has 3 nitrogen and oxygen atoms in total. The Hall–Kier alpha value is -1.74. The number of hydrogen-bond acceptors (Lipinski definition) is 3. The van der Waals surface area contributed by atoms with E-state index in [-0.39, 0.29) is 5.41 Å². The first kappa shape index (κ1) is 13.0. The number of likely N-dealkylation sites (N-methyl/N-ethyl adjacent to an activating group) is 1. The summed E-state index contributed by atoms with van der Waals surface area (Å²) in [6, 6.07) is 4.89. The van der Waals surface area contributed by atoms with Crippen LogP contribution in [0, 0.1) is 6.92 Å². The average Bonchev–Trinajstić information content (AvgIpc) is 3.06. The fraction of sp³-hybridized carbons (Fsp3) is 0.444. The SMILES string of the molecule is CC1=C[C@@H]2N(C)CC[C@]2(c2cc(C)c3c(c2)OCO3)C=C1. The molecule has 0 N–H and O–H groups in total. The van der Waals surface area contributed by atoms with E-state index in [0.29, 0.717) is 12.8 Å². The number of allylic oxidation sites excluding steroid dienone is 2. The second-order valence-electron chi connectivity index (χ2n) is 6.49. The van der Waals surface area contributed by atoms with Gasteiger partial charge in [-0.25, -0.2) is 0 Å². The van der Waals surface area contributed by atoms with Gasteiger partial charge in [0.05, 0.1) is 0 Å². The largest absolute Gasteiger partial charge is 0.454 e. The molecule has 3 aliphatic rings. The minimum Gasteiger partial charge on any atom is -0.454 e. The summed E-state index contributed by atoms with van der Waals surface area (Å²) in [6.07, 6.45) is 8.20. The quantitative estimate of drug-likeness (QED) is 0.790. The summed E-state index contributed by atoms with van der Waals surface area (Å²) >= 11 is 0. The molecule has 1 fully saturated rings. The van der Waals surface area contributed by atoms with E-state index in [0.717, 1.165) is 24.5 Å². The fourth-order valence-corrected chi connectivity index (χ4v) is 3.95. The Morgan fingerprint density at radius 1 is 1.24 bits per heavy atom. The molecule has 0 radical (unpaired) electrons. The van der Waals surface area contributed by atoms with E-state index in [1.165, 1.54) is 16.7 Å². The van der Waals surface area contributed by atoms with Crippen LogP contribution in [0.25, 0.3) is 0 Å². The number of likely N-dealkylation sites (tertiary alicyclic amines) is 1. The minimum atomic E-state index is 0.0694. The second-order valence-corrected chi connectivity index (χ2v) is 6.49. The van der Waals surface area contributed by atoms with E-state index in [1.54, 1.807) is 0 Å². The van der Waals surface area contributed by atoms with Gasteiger partial charge in [0.1, 0.15) is 0 Å². The van der Waals surface area contributed by atoms with Crippen LogP contribution in [0.2, 0.25) is 0 Å². The van der Waals surface area contributed by atoms with E-state index in [1.807, 2.05) is 0 Å². The number of nitrogens with zero attached hydrogens (tertiary/aromatic N) is 1. The highest BCUT2D eigenvalue weighted by molar-refractivity contribution is 5.55. The molecule has 110 valence electrons. The summed E-state index contributed by atoms with van der Waals surface area (Å²) in [7, 11) is 2.22. The third-order valence-corrected chi connectivity index (χ3v) is 5.14. The zero-order chi connectivity index (χ0) is 14.6. The normalized spacial score (nSPS) is 30.4. The zero-order valence-corrected chi connectivity index (χ0v) is 12.8. The predicted octanol–water partition coefficient (Wildman–Crippen LogP) is 3.18. The second kappa shape index (κ2) is 4.38. The molecule has 0 unspecified atom stereocenters. The summed E-state index contributed by atoms with van der Waals surface area (Å²) in [5.41, 5.74) is 3.93. The topological polar surface area (TPSA) is 21.7 Å². The molecular formula is C18H21NO2. The van der Waals surface area contributed by atoms with Crippen LogP contribution < -0.4 is 9.47 Å². The molecule has 0 saturated carbocycles. The molecular weight excluding hydrogens is 262 g/mol. The maximum Gasteiger partial charge on any atom is 0.231 e. The summed E-state index contributed by atoms with van der Waals surface area (Å²) < 4.78 is 11.2. The fourth-order valence-electron chi connectivity index (χ4n) is 3.95. The Morgan fingerprint density at radius 3 is 2.95 bits per heavy atom. The molecule has 21 heavy (non-hydrogen) atoms. The molecule has 1 aromatic rings. The molecule has 1 saturated heterocycles. The number of hydrogen-bond donors (Lipinski definition) is 0. The van der Waals surface area contributed by atoms with E-state index in [4.69, 9.17) is 9.47 Å². The van der Waals surface area contributed by atoms with Gasteiger partial charge in [-0.15, -0.1) is 0 Å². The van der Waals surface area contributed by atoms with Crippen molar-refractivity contribution in [2.75, 3.05) is 20.4 Å². The van der Waals surface area contributed by atoms with Crippen LogP contribution in [-0.4, -0.2) is 31.3 Å². The molecule has 2 heterocycles. The highest BCUT2D eigenvalue weighted by Gasteiger charge is 2.46. The lowest BCUT2D eigenvalue weighted by molar-refractivity contribution is 0.173. The van der Waals surface area contributed by atoms with Crippen molar-refractivity contribution >= 4 is 0 Å². The molecule has 2 aliphatic heterocycles. The maximum atomic E-state index is 5.63. The highest BCUT2D eigenvalue weighted by atomic mass is 16.7. The van der Waals surface area contributed by atoms with Crippen molar-refractivity contribution in [3.8, 4) is 11.5 Å². The standard InChI is InChI=1S/C18H21NO2/c1-12-4-5-18(6-7-19(3)16(18)8-12)14-9-13(2)17-15(10-14)20-11-21-17/h4-5,8-10,16H,6-7,11H2,1-3H3/t16-,18-/m0/s1. The van der Waals surface area contributed by atoms with Crippen molar-refractivity contribution in [2.24, 2.45) is 0 Å². The Bertz CT molecular complexity index is 661. The Kier molecular flexibility index (Phi) is 2.70. The summed E-state index contributed by atoms with van der Waals surface area (Å²) in [5, 5.41) is 0. The van der Waals surface area contributed by atoms with Crippen LogP contribution in [0.15, 0.2) is 35.9 Å². The predicted molar refractivity (Wildman–Crippen MR) is 82.9 cm³/mol. The van der Waals surface area contributed by atoms with Gasteiger partial charge in [0.2, 0.25) is 6.79 Å². The van der Waals surface area contributed by atoms with Crippen LogP contribution >= 0.6 is 0 Å². The molecule has 4 rings (SSSR count). The van der Waals surface area contributed by atoms with Crippen molar-refractivity contribution < 1.29 is 9.47 Å². The van der Waals surface area contributed by atoms with Crippen LogP contribution in [-0.2, 0) is 5.41 Å². The van der Waals surface area contributed by atoms with Gasteiger partial charge < -0.3 is 9.47 Å². The molecule has 0 spiro atoms. The van der Waals surface area contributed by atoms with Gasteiger partial charge in [-0.05, 0) is 51.1 Å². The third kappa shape index (κ3) is 1.77. The molecule has 0 aromatic heterocycles.